The lowest BCUT2D eigenvalue weighted by atomic mass is 9.88. The van der Waals surface area contributed by atoms with Crippen LogP contribution in [0.5, 0.6) is 0 Å². The minimum atomic E-state index is -0.246. The highest BCUT2D eigenvalue weighted by Gasteiger charge is 2.31. The van der Waals surface area contributed by atoms with E-state index in [1.807, 2.05) is 6.08 Å². The Balaban J connectivity index is 1.72. The van der Waals surface area contributed by atoms with Gasteiger partial charge in [-0.05, 0) is 49.5 Å². The molecule has 1 amide bonds. The Morgan fingerprint density at radius 2 is 1.38 bits per heavy atom. The number of benzene rings is 1. The molecule has 0 N–H and O–H groups in total. The van der Waals surface area contributed by atoms with Gasteiger partial charge in [-0.15, -0.1) is 0 Å². The molecule has 2 saturated carbocycles. The molecule has 0 spiro atoms. The van der Waals surface area contributed by atoms with Gasteiger partial charge >= 0.3 is 0 Å². The van der Waals surface area contributed by atoms with Crippen molar-refractivity contribution in [1.82, 2.24) is 4.90 Å². The van der Waals surface area contributed by atoms with Crippen LogP contribution in [-0.2, 0) is 4.79 Å². The molecule has 0 unspecified atom stereocenters. The third-order valence-corrected chi connectivity index (χ3v) is 5.48. The number of hydrogen-bond acceptors (Lipinski definition) is 1. The fraction of sp³-hybridized carbons (Fsp3) is 0.571. The van der Waals surface area contributed by atoms with Gasteiger partial charge in [-0.25, -0.2) is 4.39 Å². The average Bonchev–Trinajstić information content (AvgIpc) is 2.63. The molecule has 1 aromatic rings. The molecule has 0 aliphatic heterocycles. The summed E-state index contributed by atoms with van der Waals surface area (Å²) in [5.74, 6) is -0.109. The number of amides is 1. The Hall–Kier alpha value is -1.64. The summed E-state index contributed by atoms with van der Waals surface area (Å²) < 4.78 is 13.0. The third kappa shape index (κ3) is 4.46. The van der Waals surface area contributed by atoms with E-state index in [-0.39, 0.29) is 11.7 Å². The first-order valence-electron chi connectivity index (χ1n) is 9.50. The second-order valence-electron chi connectivity index (χ2n) is 7.21. The van der Waals surface area contributed by atoms with Gasteiger partial charge in [0.1, 0.15) is 5.82 Å². The summed E-state index contributed by atoms with van der Waals surface area (Å²) in [5.41, 5.74) is 0.872. The maximum Gasteiger partial charge on any atom is 0.247 e. The van der Waals surface area contributed by atoms with E-state index in [1.165, 1.54) is 50.7 Å². The quantitative estimate of drug-likeness (QED) is 0.683. The maximum absolute atomic E-state index is 13.0. The van der Waals surface area contributed by atoms with E-state index >= 15 is 0 Å². The highest BCUT2D eigenvalue weighted by molar-refractivity contribution is 5.92. The molecule has 24 heavy (non-hydrogen) atoms. The highest BCUT2D eigenvalue weighted by atomic mass is 19.1. The monoisotopic (exact) mass is 329 g/mol. The van der Waals surface area contributed by atoms with Crippen molar-refractivity contribution in [2.75, 3.05) is 0 Å². The smallest absolute Gasteiger partial charge is 0.247 e. The van der Waals surface area contributed by atoms with Crippen molar-refractivity contribution in [2.24, 2.45) is 0 Å². The van der Waals surface area contributed by atoms with E-state index in [2.05, 4.69) is 4.90 Å². The third-order valence-electron chi connectivity index (χ3n) is 5.48. The van der Waals surface area contributed by atoms with Crippen LogP contribution in [0.2, 0.25) is 0 Å². The van der Waals surface area contributed by atoms with Gasteiger partial charge in [-0.1, -0.05) is 50.7 Å². The maximum atomic E-state index is 13.0. The fourth-order valence-corrected chi connectivity index (χ4v) is 4.20. The van der Waals surface area contributed by atoms with Gasteiger partial charge in [0.05, 0.1) is 0 Å². The number of halogens is 1. The predicted molar refractivity (Wildman–Crippen MR) is 96.0 cm³/mol. The molecule has 3 heteroatoms. The summed E-state index contributed by atoms with van der Waals surface area (Å²) in [6, 6.07) is 7.11. The van der Waals surface area contributed by atoms with E-state index in [0.717, 1.165) is 31.2 Å². The Kier molecular flexibility index (Phi) is 6.06. The minimum absolute atomic E-state index is 0.137. The molecule has 2 aliphatic rings. The Morgan fingerprint density at radius 1 is 0.875 bits per heavy atom. The van der Waals surface area contributed by atoms with Gasteiger partial charge in [0, 0.05) is 18.2 Å². The molecule has 0 aromatic heterocycles. The first kappa shape index (κ1) is 17.2. The predicted octanol–water partition coefficient (Wildman–Crippen LogP) is 5.33. The first-order valence-corrected chi connectivity index (χ1v) is 9.50. The summed E-state index contributed by atoms with van der Waals surface area (Å²) in [6.07, 6.45) is 15.6. The zero-order valence-corrected chi connectivity index (χ0v) is 14.4. The number of carbonyl (C=O) groups excluding carboxylic acids is 1. The van der Waals surface area contributed by atoms with E-state index in [0.29, 0.717) is 12.1 Å². The summed E-state index contributed by atoms with van der Waals surface area (Å²) >= 11 is 0. The van der Waals surface area contributed by atoms with Crippen molar-refractivity contribution in [2.45, 2.75) is 76.3 Å². The lowest BCUT2D eigenvalue weighted by Gasteiger charge is -2.41. The highest BCUT2D eigenvalue weighted by Crippen LogP contribution is 2.30. The molecule has 130 valence electrons. The van der Waals surface area contributed by atoms with E-state index in [1.54, 1.807) is 18.2 Å². The van der Waals surface area contributed by atoms with E-state index in [9.17, 15) is 9.18 Å². The zero-order chi connectivity index (χ0) is 16.8. The molecule has 0 atom stereocenters. The van der Waals surface area contributed by atoms with Crippen LogP contribution >= 0.6 is 0 Å². The van der Waals surface area contributed by atoms with Crippen LogP contribution in [0.25, 0.3) is 6.08 Å². The van der Waals surface area contributed by atoms with Crippen LogP contribution in [-0.4, -0.2) is 22.9 Å². The number of hydrogen-bond donors (Lipinski definition) is 0. The van der Waals surface area contributed by atoms with Crippen LogP contribution in [0.4, 0.5) is 4.39 Å². The van der Waals surface area contributed by atoms with Crippen molar-refractivity contribution >= 4 is 12.0 Å². The van der Waals surface area contributed by atoms with Crippen LogP contribution in [0.15, 0.2) is 30.3 Å². The second-order valence-corrected chi connectivity index (χ2v) is 7.21. The second kappa shape index (κ2) is 8.46. The van der Waals surface area contributed by atoms with Crippen LogP contribution in [0, 0.1) is 5.82 Å². The first-order chi connectivity index (χ1) is 11.7. The topological polar surface area (TPSA) is 20.3 Å². The van der Waals surface area contributed by atoms with Crippen molar-refractivity contribution in [3.8, 4) is 0 Å². The van der Waals surface area contributed by atoms with Crippen LogP contribution in [0.1, 0.15) is 69.8 Å². The lowest BCUT2D eigenvalue weighted by molar-refractivity contribution is -0.132. The number of rotatable bonds is 4. The largest absolute Gasteiger partial charge is 0.333 e. The fourth-order valence-electron chi connectivity index (χ4n) is 4.20. The Labute approximate surface area is 144 Å². The molecule has 2 fully saturated rings. The van der Waals surface area contributed by atoms with Gasteiger partial charge in [0.2, 0.25) is 5.91 Å². The summed E-state index contributed by atoms with van der Waals surface area (Å²) in [4.78, 5) is 15.1. The van der Waals surface area contributed by atoms with Gasteiger partial charge < -0.3 is 4.90 Å². The molecule has 2 aliphatic carbocycles. The molecule has 0 bridgehead atoms. The summed E-state index contributed by atoms with van der Waals surface area (Å²) in [6.45, 7) is 0. The molecule has 0 radical (unpaired) electrons. The minimum Gasteiger partial charge on any atom is -0.333 e. The normalized spacial score (nSPS) is 20.4. The van der Waals surface area contributed by atoms with Crippen molar-refractivity contribution in [3.63, 3.8) is 0 Å². The lowest BCUT2D eigenvalue weighted by Crippen LogP contribution is -2.48. The van der Waals surface area contributed by atoms with Crippen molar-refractivity contribution in [3.05, 3.63) is 41.7 Å². The van der Waals surface area contributed by atoms with E-state index in [4.69, 9.17) is 0 Å². The number of nitrogens with zero attached hydrogens (tertiary/aromatic N) is 1. The van der Waals surface area contributed by atoms with Gasteiger partial charge in [-0.3, -0.25) is 4.79 Å². The molecular formula is C21H28FNO. The van der Waals surface area contributed by atoms with E-state index < -0.39 is 0 Å². The summed E-state index contributed by atoms with van der Waals surface area (Å²) in [5, 5.41) is 0. The summed E-state index contributed by atoms with van der Waals surface area (Å²) in [7, 11) is 0. The molecule has 2 nitrogen and oxygen atoms in total. The Bertz CT molecular complexity index is 536. The van der Waals surface area contributed by atoms with Gasteiger partial charge in [0.15, 0.2) is 0 Å². The molecule has 3 rings (SSSR count). The number of carbonyl (C=O) groups is 1. The van der Waals surface area contributed by atoms with Gasteiger partial charge in [0.25, 0.3) is 0 Å². The SMILES string of the molecule is O=C(/C=C/c1ccc(F)cc1)N(C1CCCCC1)C1CCCCC1. The average molecular weight is 329 g/mol. The molecule has 0 saturated heterocycles. The Morgan fingerprint density at radius 3 is 1.88 bits per heavy atom. The van der Waals surface area contributed by atoms with Gasteiger partial charge in [-0.2, -0.15) is 0 Å². The van der Waals surface area contributed by atoms with Crippen molar-refractivity contribution in [1.29, 1.82) is 0 Å². The standard InChI is InChI=1S/C21H28FNO/c22-18-14-11-17(12-15-18)13-16-21(24)23(19-7-3-1-4-8-19)20-9-5-2-6-10-20/h11-16,19-20H,1-10H2/b16-13+. The van der Waals surface area contributed by atoms with Crippen LogP contribution in [0.3, 0.4) is 0 Å². The van der Waals surface area contributed by atoms with Crippen LogP contribution < -0.4 is 0 Å². The molecule has 1 aromatic carbocycles. The molecular weight excluding hydrogens is 301 g/mol. The zero-order valence-electron chi connectivity index (χ0n) is 14.4. The van der Waals surface area contributed by atoms with Crippen molar-refractivity contribution < 1.29 is 9.18 Å². The molecule has 0 heterocycles.